The lowest BCUT2D eigenvalue weighted by Crippen LogP contribution is -2.08. The third-order valence-electron chi connectivity index (χ3n) is 3.72. The minimum atomic E-state index is 0.0474. The van der Waals surface area contributed by atoms with Crippen molar-refractivity contribution in [2.75, 3.05) is 0 Å². The summed E-state index contributed by atoms with van der Waals surface area (Å²) in [6, 6.07) is 9.26. The van der Waals surface area contributed by atoms with Crippen molar-refractivity contribution in [1.82, 2.24) is 19.3 Å². The molecule has 0 bridgehead atoms. The van der Waals surface area contributed by atoms with Gasteiger partial charge in [0.05, 0.1) is 24.0 Å². The van der Waals surface area contributed by atoms with E-state index in [-0.39, 0.29) is 5.43 Å². The van der Waals surface area contributed by atoms with Crippen LogP contribution in [0.1, 0.15) is 5.69 Å². The molecule has 6 heteroatoms. The van der Waals surface area contributed by atoms with Crippen LogP contribution in [0.3, 0.4) is 0 Å². The normalized spacial score (nSPS) is 11.2. The van der Waals surface area contributed by atoms with Gasteiger partial charge in [-0.05, 0) is 12.1 Å². The van der Waals surface area contributed by atoms with Gasteiger partial charge in [0.25, 0.3) is 0 Å². The van der Waals surface area contributed by atoms with Gasteiger partial charge in [0, 0.05) is 41.8 Å². The Hall–Kier alpha value is -2.73. The maximum absolute atomic E-state index is 11.9. The third-order valence-corrected chi connectivity index (χ3v) is 4.66. The van der Waals surface area contributed by atoms with E-state index in [1.807, 2.05) is 49.9 Å². The Morgan fingerprint density at radius 2 is 2.09 bits per heavy atom. The number of rotatable bonds is 3. The van der Waals surface area contributed by atoms with Gasteiger partial charge in [-0.3, -0.25) is 9.48 Å². The van der Waals surface area contributed by atoms with E-state index >= 15 is 0 Å². The first-order chi connectivity index (χ1) is 11.2. The maximum atomic E-state index is 11.9. The quantitative estimate of drug-likeness (QED) is 0.583. The van der Waals surface area contributed by atoms with Crippen molar-refractivity contribution in [3.63, 3.8) is 0 Å². The van der Waals surface area contributed by atoms with Gasteiger partial charge in [0.1, 0.15) is 5.01 Å². The SMILES string of the molecule is Cn1cc(-c2nc(Cn3ccc(=O)c4ccccc43)cs2)cn1. The van der Waals surface area contributed by atoms with Gasteiger partial charge in [0.2, 0.25) is 0 Å². The molecular formula is C17H14N4OS. The fourth-order valence-electron chi connectivity index (χ4n) is 2.62. The average molecular weight is 322 g/mol. The van der Waals surface area contributed by atoms with Crippen LogP contribution < -0.4 is 5.43 Å². The molecule has 0 atom stereocenters. The fourth-order valence-corrected chi connectivity index (χ4v) is 3.40. The molecule has 0 aliphatic heterocycles. The van der Waals surface area contributed by atoms with E-state index in [0.29, 0.717) is 6.54 Å². The van der Waals surface area contributed by atoms with Crippen molar-refractivity contribution in [2.45, 2.75) is 6.54 Å². The highest BCUT2D eigenvalue weighted by atomic mass is 32.1. The highest BCUT2D eigenvalue weighted by Crippen LogP contribution is 2.23. The molecule has 0 aliphatic rings. The van der Waals surface area contributed by atoms with Gasteiger partial charge in [0.15, 0.2) is 5.43 Å². The molecule has 0 radical (unpaired) electrons. The molecule has 0 spiro atoms. The van der Waals surface area contributed by atoms with Gasteiger partial charge in [-0.2, -0.15) is 5.10 Å². The summed E-state index contributed by atoms with van der Waals surface area (Å²) in [6.07, 6.45) is 5.60. The predicted molar refractivity (Wildman–Crippen MR) is 91.6 cm³/mol. The van der Waals surface area contributed by atoms with E-state index in [0.717, 1.165) is 27.2 Å². The minimum Gasteiger partial charge on any atom is -0.341 e. The monoisotopic (exact) mass is 322 g/mol. The standard InChI is InChI=1S/C17H14N4OS/c1-20-9-12(8-18-20)17-19-13(11-23-17)10-21-7-6-16(22)14-4-2-3-5-15(14)21/h2-9,11H,10H2,1H3. The Balaban J connectivity index is 1.71. The second-order valence-corrected chi connectivity index (χ2v) is 6.23. The molecule has 5 nitrogen and oxygen atoms in total. The van der Waals surface area contributed by atoms with Crippen LogP contribution in [0.15, 0.2) is 59.1 Å². The average Bonchev–Trinajstić information content (AvgIpc) is 3.19. The summed E-state index contributed by atoms with van der Waals surface area (Å²) in [7, 11) is 1.89. The summed E-state index contributed by atoms with van der Waals surface area (Å²) in [5.74, 6) is 0. The molecular weight excluding hydrogens is 308 g/mol. The molecule has 23 heavy (non-hydrogen) atoms. The highest BCUT2D eigenvalue weighted by molar-refractivity contribution is 7.13. The third kappa shape index (κ3) is 2.57. The van der Waals surface area contributed by atoms with Gasteiger partial charge < -0.3 is 4.57 Å². The number of fused-ring (bicyclic) bond motifs is 1. The summed E-state index contributed by atoms with van der Waals surface area (Å²) < 4.78 is 3.82. The number of pyridine rings is 1. The molecule has 3 aromatic heterocycles. The second-order valence-electron chi connectivity index (χ2n) is 5.37. The van der Waals surface area contributed by atoms with Crippen LogP contribution in [0.2, 0.25) is 0 Å². The van der Waals surface area contributed by atoms with Crippen molar-refractivity contribution in [3.05, 3.63) is 70.2 Å². The van der Waals surface area contributed by atoms with Crippen LogP contribution in [0, 0.1) is 0 Å². The molecule has 0 saturated heterocycles. The Morgan fingerprint density at radius 3 is 2.91 bits per heavy atom. The molecule has 0 N–H and O–H groups in total. The van der Waals surface area contributed by atoms with Gasteiger partial charge in [-0.1, -0.05) is 12.1 Å². The van der Waals surface area contributed by atoms with E-state index in [9.17, 15) is 4.79 Å². The zero-order chi connectivity index (χ0) is 15.8. The molecule has 0 amide bonds. The van der Waals surface area contributed by atoms with E-state index in [1.54, 1.807) is 22.1 Å². The Bertz CT molecular complexity index is 1040. The molecule has 0 aliphatic carbocycles. The molecule has 4 rings (SSSR count). The molecule has 0 fully saturated rings. The number of aryl methyl sites for hydroxylation is 1. The molecule has 1 aromatic carbocycles. The van der Waals surface area contributed by atoms with Crippen LogP contribution >= 0.6 is 11.3 Å². The minimum absolute atomic E-state index is 0.0474. The van der Waals surface area contributed by atoms with Crippen molar-refractivity contribution < 1.29 is 0 Å². The Morgan fingerprint density at radius 1 is 1.22 bits per heavy atom. The first-order valence-electron chi connectivity index (χ1n) is 7.22. The maximum Gasteiger partial charge on any atom is 0.189 e. The zero-order valence-electron chi connectivity index (χ0n) is 12.5. The van der Waals surface area contributed by atoms with Gasteiger partial charge in [-0.15, -0.1) is 11.3 Å². The lowest BCUT2D eigenvalue weighted by atomic mass is 10.2. The van der Waals surface area contributed by atoms with Crippen molar-refractivity contribution in [2.24, 2.45) is 7.05 Å². The first-order valence-corrected chi connectivity index (χ1v) is 8.10. The topological polar surface area (TPSA) is 52.7 Å². The number of aromatic nitrogens is 4. The van der Waals surface area contributed by atoms with Crippen LogP contribution in [-0.4, -0.2) is 19.3 Å². The zero-order valence-corrected chi connectivity index (χ0v) is 13.3. The van der Waals surface area contributed by atoms with Gasteiger partial charge >= 0.3 is 0 Å². The highest BCUT2D eigenvalue weighted by Gasteiger charge is 2.08. The number of hydrogen-bond donors (Lipinski definition) is 0. The van der Waals surface area contributed by atoms with Crippen molar-refractivity contribution >= 4 is 22.2 Å². The number of nitrogens with zero attached hydrogens (tertiary/aromatic N) is 4. The summed E-state index contributed by atoms with van der Waals surface area (Å²) in [6.45, 7) is 0.636. The number of benzene rings is 1. The number of hydrogen-bond acceptors (Lipinski definition) is 4. The van der Waals surface area contributed by atoms with E-state index < -0.39 is 0 Å². The molecule has 4 aromatic rings. The second kappa shape index (κ2) is 5.48. The predicted octanol–water partition coefficient (Wildman–Crippen LogP) is 2.91. The first kappa shape index (κ1) is 13.9. The van der Waals surface area contributed by atoms with E-state index in [4.69, 9.17) is 0 Å². The summed E-state index contributed by atoms with van der Waals surface area (Å²) in [5, 5.41) is 7.92. The Labute approximate surface area is 136 Å². The smallest absolute Gasteiger partial charge is 0.189 e. The van der Waals surface area contributed by atoms with E-state index in [1.165, 1.54) is 0 Å². The van der Waals surface area contributed by atoms with Crippen LogP contribution in [0.4, 0.5) is 0 Å². The number of thiazole rings is 1. The molecule has 0 saturated carbocycles. The molecule has 114 valence electrons. The fraction of sp³-hybridized carbons (Fsp3) is 0.118. The van der Waals surface area contributed by atoms with Crippen molar-refractivity contribution in [1.29, 1.82) is 0 Å². The molecule has 3 heterocycles. The van der Waals surface area contributed by atoms with Crippen LogP contribution in [-0.2, 0) is 13.6 Å². The molecule has 0 unspecified atom stereocenters. The lowest BCUT2D eigenvalue weighted by molar-refractivity contribution is 0.768. The Kier molecular flexibility index (Phi) is 3.31. The lowest BCUT2D eigenvalue weighted by Gasteiger charge is -2.08. The van der Waals surface area contributed by atoms with Crippen molar-refractivity contribution in [3.8, 4) is 10.6 Å². The summed E-state index contributed by atoms with van der Waals surface area (Å²) >= 11 is 1.60. The van der Waals surface area contributed by atoms with E-state index in [2.05, 4.69) is 20.0 Å². The van der Waals surface area contributed by atoms with Crippen LogP contribution in [0.25, 0.3) is 21.5 Å². The largest absolute Gasteiger partial charge is 0.341 e. The summed E-state index contributed by atoms with van der Waals surface area (Å²) in [5.41, 5.74) is 2.97. The van der Waals surface area contributed by atoms with Gasteiger partial charge in [-0.25, -0.2) is 4.98 Å². The van der Waals surface area contributed by atoms with Crippen LogP contribution in [0.5, 0.6) is 0 Å². The summed E-state index contributed by atoms with van der Waals surface area (Å²) in [4.78, 5) is 16.6. The number of para-hydroxylation sites is 1.